The van der Waals surface area contributed by atoms with Crippen molar-refractivity contribution in [1.29, 1.82) is 0 Å². The van der Waals surface area contributed by atoms with E-state index >= 15 is 0 Å². The minimum absolute atomic E-state index is 0.0541. The highest BCUT2D eigenvalue weighted by Gasteiger charge is 2.33. The van der Waals surface area contributed by atoms with Gasteiger partial charge in [-0.3, -0.25) is 9.48 Å². The van der Waals surface area contributed by atoms with Crippen molar-refractivity contribution in [2.24, 2.45) is 5.14 Å². The van der Waals surface area contributed by atoms with Crippen molar-refractivity contribution in [3.8, 4) is 0 Å². The summed E-state index contributed by atoms with van der Waals surface area (Å²) in [7, 11) is -3.71. The largest absolute Gasteiger partial charge is 0.348 e. The maximum absolute atomic E-state index is 12.6. The molecule has 1 fully saturated rings. The molecule has 1 amide bonds. The molecule has 1 saturated carbocycles. The number of rotatable bonds is 7. The molecule has 26 heavy (non-hydrogen) atoms. The molecule has 1 heterocycles. The highest BCUT2D eigenvalue weighted by molar-refractivity contribution is 7.89. The number of primary sulfonamides is 1. The Bertz CT molecular complexity index is 899. The average molecular weight is 376 g/mol. The Kier molecular flexibility index (Phi) is 5.15. The predicted octanol–water partition coefficient (Wildman–Crippen LogP) is 2.31. The first-order chi connectivity index (χ1) is 12.3. The van der Waals surface area contributed by atoms with Gasteiger partial charge in [0.2, 0.25) is 10.0 Å². The van der Waals surface area contributed by atoms with E-state index in [1.165, 1.54) is 12.1 Å². The number of aromatic nitrogens is 2. The number of hydrogen-bond acceptors (Lipinski definition) is 4. The molecular weight excluding hydrogens is 352 g/mol. The second kappa shape index (κ2) is 7.20. The van der Waals surface area contributed by atoms with Crippen LogP contribution in [0.25, 0.3) is 0 Å². The second-order valence-electron chi connectivity index (χ2n) is 6.79. The Labute approximate surface area is 153 Å². The van der Waals surface area contributed by atoms with Gasteiger partial charge in [0.15, 0.2) is 0 Å². The molecule has 0 bridgehead atoms. The van der Waals surface area contributed by atoms with Crippen LogP contribution >= 0.6 is 0 Å². The summed E-state index contributed by atoms with van der Waals surface area (Å²) in [6, 6.07) is 6.42. The number of sulfonamides is 1. The SMILES string of the molecule is CCC(C)n1ncc(C(=O)NCc2ccc(S(N)(=O)=O)cc2)c1C1CC1. The minimum atomic E-state index is -3.71. The van der Waals surface area contributed by atoms with Crippen LogP contribution in [-0.2, 0) is 16.6 Å². The topological polar surface area (TPSA) is 107 Å². The second-order valence-corrected chi connectivity index (χ2v) is 8.35. The Balaban J connectivity index is 1.72. The number of carbonyl (C=O) groups is 1. The van der Waals surface area contributed by atoms with Crippen molar-refractivity contribution in [3.63, 3.8) is 0 Å². The molecule has 0 aliphatic heterocycles. The summed E-state index contributed by atoms with van der Waals surface area (Å²) in [5, 5.41) is 12.4. The lowest BCUT2D eigenvalue weighted by Gasteiger charge is -2.14. The number of hydrogen-bond donors (Lipinski definition) is 2. The van der Waals surface area contributed by atoms with Gasteiger partial charge in [0.05, 0.1) is 22.3 Å². The van der Waals surface area contributed by atoms with E-state index in [1.807, 2.05) is 4.68 Å². The van der Waals surface area contributed by atoms with E-state index in [1.54, 1.807) is 18.3 Å². The zero-order valence-corrected chi connectivity index (χ0v) is 15.8. The van der Waals surface area contributed by atoms with E-state index in [0.29, 0.717) is 18.0 Å². The van der Waals surface area contributed by atoms with Gasteiger partial charge in [0.1, 0.15) is 0 Å². The summed E-state index contributed by atoms with van der Waals surface area (Å²) >= 11 is 0. The van der Waals surface area contributed by atoms with Crippen LogP contribution in [0.3, 0.4) is 0 Å². The van der Waals surface area contributed by atoms with E-state index < -0.39 is 10.0 Å². The molecule has 0 radical (unpaired) electrons. The Morgan fingerprint density at radius 3 is 2.54 bits per heavy atom. The number of benzene rings is 1. The van der Waals surface area contributed by atoms with Crippen molar-refractivity contribution in [3.05, 3.63) is 47.3 Å². The fourth-order valence-corrected chi connectivity index (χ4v) is 3.42. The number of amides is 1. The van der Waals surface area contributed by atoms with Crippen LogP contribution < -0.4 is 10.5 Å². The number of nitrogens with two attached hydrogens (primary N) is 1. The van der Waals surface area contributed by atoms with Gasteiger partial charge in [-0.15, -0.1) is 0 Å². The molecule has 0 saturated heterocycles. The lowest BCUT2D eigenvalue weighted by atomic mass is 10.1. The fraction of sp³-hybridized carbons (Fsp3) is 0.444. The molecule has 1 unspecified atom stereocenters. The molecule has 0 spiro atoms. The lowest BCUT2D eigenvalue weighted by molar-refractivity contribution is 0.0949. The zero-order chi connectivity index (χ0) is 18.9. The first-order valence-electron chi connectivity index (χ1n) is 8.78. The average Bonchev–Trinajstić information content (AvgIpc) is 3.36. The molecule has 1 aromatic heterocycles. The van der Waals surface area contributed by atoms with Crippen LogP contribution in [0.4, 0.5) is 0 Å². The smallest absolute Gasteiger partial charge is 0.255 e. The first kappa shape index (κ1) is 18.6. The van der Waals surface area contributed by atoms with Crippen molar-refractivity contribution >= 4 is 15.9 Å². The third-order valence-electron chi connectivity index (χ3n) is 4.76. The summed E-state index contributed by atoms with van der Waals surface area (Å²) < 4.78 is 24.5. The lowest BCUT2D eigenvalue weighted by Crippen LogP contribution is -2.24. The van der Waals surface area contributed by atoms with Crippen LogP contribution in [0.2, 0.25) is 0 Å². The van der Waals surface area contributed by atoms with Crippen LogP contribution in [0.5, 0.6) is 0 Å². The van der Waals surface area contributed by atoms with Crippen LogP contribution in [-0.4, -0.2) is 24.1 Å². The summed E-state index contributed by atoms with van der Waals surface area (Å²) in [5.74, 6) is 0.262. The number of nitrogens with one attached hydrogen (secondary N) is 1. The van der Waals surface area contributed by atoms with Gasteiger partial charge in [-0.25, -0.2) is 13.6 Å². The molecule has 1 aromatic carbocycles. The molecule has 1 atom stereocenters. The summed E-state index contributed by atoms with van der Waals surface area (Å²) in [6.07, 6.45) is 4.80. The maximum Gasteiger partial charge on any atom is 0.255 e. The van der Waals surface area contributed by atoms with Crippen molar-refractivity contribution < 1.29 is 13.2 Å². The Morgan fingerprint density at radius 2 is 2.00 bits per heavy atom. The fourth-order valence-electron chi connectivity index (χ4n) is 2.91. The van der Waals surface area contributed by atoms with E-state index in [-0.39, 0.29) is 16.8 Å². The van der Waals surface area contributed by atoms with Gasteiger partial charge in [-0.05, 0) is 43.9 Å². The highest BCUT2D eigenvalue weighted by Crippen LogP contribution is 2.42. The zero-order valence-electron chi connectivity index (χ0n) is 15.0. The van der Waals surface area contributed by atoms with Gasteiger partial charge in [0, 0.05) is 18.5 Å². The summed E-state index contributed by atoms with van der Waals surface area (Å²) in [6.45, 7) is 4.52. The molecule has 140 valence electrons. The molecule has 2 aromatic rings. The van der Waals surface area contributed by atoms with E-state index in [4.69, 9.17) is 5.14 Å². The van der Waals surface area contributed by atoms with Gasteiger partial charge < -0.3 is 5.32 Å². The highest BCUT2D eigenvalue weighted by atomic mass is 32.2. The quantitative estimate of drug-likeness (QED) is 0.773. The molecule has 7 nitrogen and oxygen atoms in total. The van der Waals surface area contributed by atoms with Crippen molar-refractivity contribution in [1.82, 2.24) is 15.1 Å². The third kappa shape index (κ3) is 3.96. The van der Waals surface area contributed by atoms with Crippen LogP contribution in [0, 0.1) is 0 Å². The standard InChI is InChI=1S/C18H24N4O3S/c1-3-12(2)22-17(14-6-7-14)16(11-21-22)18(23)20-10-13-4-8-15(9-5-13)26(19,24)25/h4-5,8-9,11-12,14H,3,6-7,10H2,1-2H3,(H,20,23)(H2,19,24,25). The van der Waals surface area contributed by atoms with E-state index in [9.17, 15) is 13.2 Å². The first-order valence-corrected chi connectivity index (χ1v) is 10.3. The third-order valence-corrected chi connectivity index (χ3v) is 5.69. The van der Waals surface area contributed by atoms with Crippen LogP contribution in [0.1, 0.15) is 66.7 Å². The van der Waals surface area contributed by atoms with E-state index in [0.717, 1.165) is 30.5 Å². The minimum Gasteiger partial charge on any atom is -0.348 e. The maximum atomic E-state index is 12.6. The Morgan fingerprint density at radius 1 is 1.35 bits per heavy atom. The van der Waals surface area contributed by atoms with Gasteiger partial charge in [-0.1, -0.05) is 19.1 Å². The molecule has 3 N–H and O–H groups in total. The molecular formula is C18H24N4O3S. The van der Waals surface area contributed by atoms with Crippen molar-refractivity contribution in [2.75, 3.05) is 0 Å². The number of nitrogens with zero attached hydrogens (tertiary/aromatic N) is 2. The van der Waals surface area contributed by atoms with Crippen LogP contribution in [0.15, 0.2) is 35.4 Å². The van der Waals surface area contributed by atoms with Crippen molar-refractivity contribution in [2.45, 2.75) is 56.5 Å². The predicted molar refractivity (Wildman–Crippen MR) is 98.2 cm³/mol. The van der Waals surface area contributed by atoms with E-state index in [2.05, 4.69) is 24.3 Å². The monoisotopic (exact) mass is 376 g/mol. The van der Waals surface area contributed by atoms with Gasteiger partial charge >= 0.3 is 0 Å². The molecule has 1 aliphatic rings. The van der Waals surface area contributed by atoms with Gasteiger partial charge in [0.25, 0.3) is 5.91 Å². The normalized spacial score (nSPS) is 15.7. The molecule has 3 rings (SSSR count). The van der Waals surface area contributed by atoms with Gasteiger partial charge in [-0.2, -0.15) is 5.10 Å². The summed E-state index contributed by atoms with van der Waals surface area (Å²) in [4.78, 5) is 12.7. The number of carbonyl (C=O) groups excluding carboxylic acids is 1. The molecule has 1 aliphatic carbocycles. The molecule has 8 heteroatoms. The summed E-state index contributed by atoms with van der Waals surface area (Å²) in [5.41, 5.74) is 2.46. The Hall–Kier alpha value is -2.19.